The molecule has 1 saturated heterocycles. The van der Waals surface area contributed by atoms with Gasteiger partial charge in [-0.1, -0.05) is 18.2 Å². The van der Waals surface area contributed by atoms with Crippen LogP contribution in [0.3, 0.4) is 0 Å². The second-order valence-corrected chi connectivity index (χ2v) is 7.91. The number of aliphatic hydroxyl groups is 1. The number of carboxylic acids is 1. The van der Waals surface area contributed by atoms with E-state index in [1.54, 1.807) is 18.3 Å². The van der Waals surface area contributed by atoms with Gasteiger partial charge in [0.15, 0.2) is 5.11 Å². The van der Waals surface area contributed by atoms with E-state index in [-0.39, 0.29) is 24.3 Å². The van der Waals surface area contributed by atoms with Crippen LogP contribution < -0.4 is 5.32 Å². The summed E-state index contributed by atoms with van der Waals surface area (Å²) < 4.78 is 1.97. The van der Waals surface area contributed by atoms with Crippen LogP contribution in [0.15, 0.2) is 54.7 Å². The number of rotatable bonds is 6. The van der Waals surface area contributed by atoms with Crippen molar-refractivity contribution in [1.82, 2.24) is 19.8 Å². The van der Waals surface area contributed by atoms with Gasteiger partial charge in [-0.3, -0.25) is 4.98 Å². The van der Waals surface area contributed by atoms with E-state index in [1.165, 1.54) is 0 Å². The lowest BCUT2D eigenvalue weighted by Crippen LogP contribution is -2.32. The van der Waals surface area contributed by atoms with Crippen LogP contribution in [0.4, 0.5) is 0 Å². The molecule has 7 nitrogen and oxygen atoms in total. The summed E-state index contributed by atoms with van der Waals surface area (Å²) in [5, 5.41) is 23.3. The van der Waals surface area contributed by atoms with E-state index < -0.39 is 5.97 Å². The normalized spacial score (nSPS) is 18.3. The Balaban J connectivity index is 1.87. The Bertz CT molecular complexity index is 1130. The molecule has 2 atom stereocenters. The van der Waals surface area contributed by atoms with Crippen LogP contribution >= 0.6 is 12.2 Å². The third-order valence-electron chi connectivity index (χ3n) is 5.70. The number of aliphatic hydroxyl groups excluding tert-OH is 1. The molecule has 0 aliphatic carbocycles. The highest BCUT2D eigenvalue weighted by Gasteiger charge is 2.41. The minimum atomic E-state index is -0.971. The van der Waals surface area contributed by atoms with E-state index in [1.807, 2.05) is 53.6 Å². The number of carbonyl (C=O) groups is 1. The van der Waals surface area contributed by atoms with Gasteiger partial charge in [-0.25, -0.2) is 4.79 Å². The zero-order valence-corrected chi connectivity index (χ0v) is 18.1. The van der Waals surface area contributed by atoms with Gasteiger partial charge in [0.25, 0.3) is 0 Å². The van der Waals surface area contributed by atoms with Crippen LogP contribution in [0.25, 0.3) is 5.69 Å². The lowest BCUT2D eigenvalue weighted by atomic mass is 9.97. The zero-order chi connectivity index (χ0) is 22.1. The largest absolute Gasteiger partial charge is 0.478 e. The molecule has 0 unspecified atom stereocenters. The predicted molar refractivity (Wildman–Crippen MR) is 121 cm³/mol. The molecular formula is C23H24N4O3S. The number of β-amino-alcohol motifs (C(OH)–C–C–N with tert-alkyl or cyclic N) is 1. The van der Waals surface area contributed by atoms with Crippen molar-refractivity contribution in [2.45, 2.75) is 25.9 Å². The fourth-order valence-corrected chi connectivity index (χ4v) is 4.73. The first kappa shape index (κ1) is 21.0. The highest BCUT2D eigenvalue weighted by atomic mass is 32.1. The monoisotopic (exact) mass is 436 g/mol. The Hall–Kier alpha value is -3.23. The van der Waals surface area contributed by atoms with Crippen LogP contribution in [0.1, 0.15) is 45.1 Å². The molecule has 3 aromatic rings. The Labute approximate surface area is 186 Å². The third-order valence-corrected chi connectivity index (χ3v) is 6.06. The van der Waals surface area contributed by atoms with Crippen molar-refractivity contribution < 1.29 is 15.0 Å². The molecular weight excluding hydrogens is 412 g/mol. The van der Waals surface area contributed by atoms with Gasteiger partial charge in [0.1, 0.15) is 0 Å². The summed E-state index contributed by atoms with van der Waals surface area (Å²) in [6.45, 7) is 4.29. The van der Waals surface area contributed by atoms with Crippen LogP contribution in [-0.2, 0) is 0 Å². The van der Waals surface area contributed by atoms with E-state index in [0.29, 0.717) is 17.3 Å². The van der Waals surface area contributed by atoms with E-state index in [0.717, 1.165) is 22.6 Å². The van der Waals surface area contributed by atoms with Gasteiger partial charge < -0.3 is 25.0 Å². The topological polar surface area (TPSA) is 90.6 Å². The molecule has 31 heavy (non-hydrogen) atoms. The zero-order valence-electron chi connectivity index (χ0n) is 17.3. The lowest BCUT2D eigenvalue weighted by molar-refractivity contribution is 0.0697. The van der Waals surface area contributed by atoms with Crippen molar-refractivity contribution in [1.29, 1.82) is 0 Å². The second kappa shape index (κ2) is 8.49. The Kier molecular flexibility index (Phi) is 5.75. The number of nitrogens with one attached hydrogen (secondary N) is 1. The number of nitrogens with zero attached hydrogens (tertiary/aromatic N) is 3. The standard InChI is InChI=1S/C23H24N4O3S/c1-14-13-17(15(2)27(14)19-9-4-3-7-16(19)22(29)30)21-20(18-8-5-6-10-24-18)25-23(31)26(21)11-12-28/h3-10,13,20-21,28H,11-12H2,1-2H3,(H,25,31)(H,29,30)/t20-,21-/m0/s1. The van der Waals surface area contributed by atoms with Gasteiger partial charge in [0.2, 0.25) is 0 Å². The van der Waals surface area contributed by atoms with Gasteiger partial charge in [0.05, 0.1) is 35.6 Å². The Morgan fingerprint density at radius 1 is 1.19 bits per heavy atom. The van der Waals surface area contributed by atoms with Crippen molar-refractivity contribution in [3.63, 3.8) is 0 Å². The molecule has 1 aromatic carbocycles. The number of hydrogen-bond donors (Lipinski definition) is 3. The third kappa shape index (κ3) is 3.68. The highest BCUT2D eigenvalue weighted by molar-refractivity contribution is 7.80. The van der Waals surface area contributed by atoms with Gasteiger partial charge in [-0.15, -0.1) is 0 Å². The quantitative estimate of drug-likeness (QED) is 0.512. The maximum atomic E-state index is 11.8. The summed E-state index contributed by atoms with van der Waals surface area (Å²) in [6, 6.07) is 14.4. The molecule has 1 aliphatic heterocycles. The van der Waals surface area contributed by atoms with Crippen LogP contribution in [0.5, 0.6) is 0 Å². The van der Waals surface area contributed by atoms with Crippen molar-refractivity contribution in [3.05, 3.63) is 82.9 Å². The van der Waals surface area contributed by atoms with Gasteiger partial charge in [-0.05, 0) is 62.0 Å². The molecule has 2 aromatic heterocycles. The van der Waals surface area contributed by atoms with Crippen molar-refractivity contribution in [2.24, 2.45) is 0 Å². The molecule has 8 heteroatoms. The van der Waals surface area contributed by atoms with Crippen LogP contribution in [0.2, 0.25) is 0 Å². The van der Waals surface area contributed by atoms with Crippen LogP contribution in [-0.4, -0.2) is 48.9 Å². The van der Waals surface area contributed by atoms with Crippen molar-refractivity contribution in [3.8, 4) is 5.69 Å². The molecule has 1 fully saturated rings. The molecule has 160 valence electrons. The number of thiocarbonyl (C=S) groups is 1. The maximum Gasteiger partial charge on any atom is 0.337 e. The fourth-order valence-electron chi connectivity index (χ4n) is 4.40. The Morgan fingerprint density at radius 2 is 1.94 bits per heavy atom. The summed E-state index contributed by atoms with van der Waals surface area (Å²) in [4.78, 5) is 18.3. The first-order valence-electron chi connectivity index (χ1n) is 10.0. The molecule has 3 N–H and O–H groups in total. The van der Waals surface area contributed by atoms with Gasteiger partial charge in [-0.2, -0.15) is 0 Å². The smallest absolute Gasteiger partial charge is 0.337 e. The summed E-state index contributed by atoms with van der Waals surface area (Å²) in [5.74, 6) is -0.971. The number of para-hydroxylation sites is 1. The SMILES string of the molecule is Cc1cc([C@H]2[C@H](c3ccccn3)NC(=S)N2CCO)c(C)n1-c1ccccc1C(=O)O. The molecule has 0 radical (unpaired) electrons. The van der Waals surface area contributed by atoms with E-state index in [4.69, 9.17) is 12.2 Å². The number of benzene rings is 1. The van der Waals surface area contributed by atoms with Gasteiger partial charge >= 0.3 is 5.97 Å². The summed E-state index contributed by atoms with van der Waals surface area (Å²) in [7, 11) is 0. The summed E-state index contributed by atoms with van der Waals surface area (Å²) in [5.41, 5.74) is 4.56. The van der Waals surface area contributed by atoms with Crippen molar-refractivity contribution in [2.75, 3.05) is 13.2 Å². The summed E-state index contributed by atoms with van der Waals surface area (Å²) in [6.07, 6.45) is 1.75. The average molecular weight is 437 g/mol. The van der Waals surface area contributed by atoms with E-state index in [2.05, 4.69) is 16.4 Å². The van der Waals surface area contributed by atoms with E-state index in [9.17, 15) is 15.0 Å². The first-order valence-corrected chi connectivity index (χ1v) is 10.4. The molecule has 1 aliphatic rings. The Morgan fingerprint density at radius 3 is 2.61 bits per heavy atom. The maximum absolute atomic E-state index is 11.8. The first-order chi connectivity index (χ1) is 14.9. The molecule has 3 heterocycles. The lowest BCUT2D eigenvalue weighted by Gasteiger charge is -2.27. The fraction of sp³-hybridized carbons (Fsp3) is 0.261. The minimum Gasteiger partial charge on any atom is -0.478 e. The number of aryl methyl sites for hydroxylation is 1. The van der Waals surface area contributed by atoms with Gasteiger partial charge in [0, 0.05) is 24.1 Å². The number of hydrogen-bond acceptors (Lipinski definition) is 4. The highest BCUT2D eigenvalue weighted by Crippen LogP contribution is 2.41. The van der Waals surface area contributed by atoms with Crippen molar-refractivity contribution >= 4 is 23.3 Å². The number of aromatic nitrogens is 2. The average Bonchev–Trinajstić information content (AvgIpc) is 3.24. The van der Waals surface area contributed by atoms with E-state index >= 15 is 0 Å². The molecule has 0 spiro atoms. The number of aromatic carboxylic acids is 1. The number of carboxylic acid groups (broad SMARTS) is 1. The molecule has 0 amide bonds. The second-order valence-electron chi connectivity index (χ2n) is 7.53. The molecule has 4 rings (SSSR count). The van der Waals surface area contributed by atoms with Crippen LogP contribution in [0, 0.1) is 13.8 Å². The minimum absolute atomic E-state index is 0.0339. The molecule has 0 bridgehead atoms. The number of pyridine rings is 1. The predicted octanol–water partition coefficient (Wildman–Crippen LogP) is 3.15. The summed E-state index contributed by atoms with van der Waals surface area (Å²) >= 11 is 5.58. The molecule has 0 saturated carbocycles.